The third-order valence-electron chi connectivity index (χ3n) is 3.30. The molecule has 1 N–H and O–H groups in total. The molecular formula is C17H20BrClN2O3S. The molecule has 0 aromatic heterocycles. The van der Waals surface area contributed by atoms with Crippen molar-refractivity contribution in [1.29, 1.82) is 0 Å². The molecule has 0 atom stereocenters. The van der Waals surface area contributed by atoms with Gasteiger partial charge >= 0.3 is 0 Å². The third-order valence-corrected chi connectivity index (χ3v) is 5.39. The first-order valence-corrected chi connectivity index (χ1v) is 10.3. The molecule has 0 unspecified atom stereocenters. The molecule has 0 saturated carbocycles. The zero-order valence-corrected chi connectivity index (χ0v) is 17.2. The molecule has 0 fully saturated rings. The summed E-state index contributed by atoms with van der Waals surface area (Å²) < 4.78 is 34.2. The Morgan fingerprint density at radius 2 is 1.96 bits per heavy atom. The minimum absolute atomic E-state index is 0.0959. The van der Waals surface area contributed by atoms with Crippen LogP contribution in [0.15, 0.2) is 51.8 Å². The van der Waals surface area contributed by atoms with Gasteiger partial charge in [-0.3, -0.25) is 4.72 Å². The van der Waals surface area contributed by atoms with E-state index < -0.39 is 10.0 Å². The minimum atomic E-state index is -3.76. The molecule has 0 saturated heterocycles. The van der Waals surface area contributed by atoms with E-state index in [4.69, 9.17) is 16.3 Å². The van der Waals surface area contributed by atoms with Gasteiger partial charge in [-0.15, -0.1) is 0 Å². The molecule has 0 amide bonds. The Morgan fingerprint density at radius 1 is 1.20 bits per heavy atom. The van der Waals surface area contributed by atoms with Crippen molar-refractivity contribution < 1.29 is 13.2 Å². The largest absolute Gasteiger partial charge is 0.491 e. The summed E-state index contributed by atoms with van der Waals surface area (Å²) in [4.78, 5) is 2.16. The van der Waals surface area contributed by atoms with Gasteiger partial charge < -0.3 is 9.64 Å². The predicted octanol–water partition coefficient (Wildman–Crippen LogP) is 4.23. The second kappa shape index (κ2) is 8.89. The van der Waals surface area contributed by atoms with Crippen LogP contribution in [0.1, 0.15) is 6.42 Å². The second-order valence-electron chi connectivity index (χ2n) is 5.71. The molecular weight excluding hydrogens is 428 g/mol. The number of ether oxygens (including phenoxy) is 1. The molecule has 0 bridgehead atoms. The molecule has 2 aromatic carbocycles. The number of rotatable bonds is 8. The van der Waals surface area contributed by atoms with Gasteiger partial charge in [0.15, 0.2) is 0 Å². The van der Waals surface area contributed by atoms with Gasteiger partial charge in [0, 0.05) is 16.0 Å². The standard InChI is InChI=1S/C17H20BrClN2O3S/c1-21(2)9-4-10-24-17-8-7-13(18)11-16(17)20-25(22,23)15-6-3-5-14(19)12-15/h3,5-8,11-12,20H,4,9-10H2,1-2H3. The fourth-order valence-electron chi connectivity index (χ4n) is 2.11. The SMILES string of the molecule is CN(C)CCCOc1ccc(Br)cc1NS(=O)(=O)c1cccc(Cl)c1. The highest BCUT2D eigenvalue weighted by Crippen LogP contribution is 2.30. The fourth-order valence-corrected chi connectivity index (χ4v) is 3.83. The summed E-state index contributed by atoms with van der Waals surface area (Å²) in [6.45, 7) is 1.38. The van der Waals surface area contributed by atoms with Gasteiger partial charge in [0.05, 0.1) is 17.2 Å². The molecule has 5 nitrogen and oxygen atoms in total. The van der Waals surface area contributed by atoms with E-state index in [0.29, 0.717) is 23.1 Å². The van der Waals surface area contributed by atoms with Crippen molar-refractivity contribution >= 4 is 43.2 Å². The van der Waals surface area contributed by atoms with Crippen molar-refractivity contribution in [2.24, 2.45) is 0 Å². The first-order valence-electron chi connectivity index (χ1n) is 7.63. The highest BCUT2D eigenvalue weighted by Gasteiger charge is 2.17. The first kappa shape index (κ1) is 20.0. The van der Waals surface area contributed by atoms with Gasteiger partial charge in [-0.1, -0.05) is 33.6 Å². The van der Waals surface area contributed by atoms with Crippen molar-refractivity contribution in [3.63, 3.8) is 0 Å². The molecule has 2 aromatic rings. The quantitative estimate of drug-likeness (QED) is 0.615. The summed E-state index contributed by atoms with van der Waals surface area (Å²) in [7, 11) is 0.218. The number of halogens is 2. The summed E-state index contributed by atoms with van der Waals surface area (Å²) in [5, 5.41) is 0.359. The molecule has 25 heavy (non-hydrogen) atoms. The highest BCUT2D eigenvalue weighted by atomic mass is 79.9. The summed E-state index contributed by atoms with van der Waals surface area (Å²) >= 11 is 9.25. The lowest BCUT2D eigenvalue weighted by atomic mass is 10.3. The van der Waals surface area contributed by atoms with Gasteiger partial charge in [-0.2, -0.15) is 0 Å². The molecule has 0 heterocycles. The van der Waals surface area contributed by atoms with Crippen LogP contribution in [0.25, 0.3) is 0 Å². The Morgan fingerprint density at radius 3 is 2.64 bits per heavy atom. The smallest absolute Gasteiger partial charge is 0.262 e. The molecule has 136 valence electrons. The zero-order valence-electron chi connectivity index (χ0n) is 14.0. The Bertz CT molecular complexity index is 828. The fraction of sp³-hybridized carbons (Fsp3) is 0.294. The van der Waals surface area contributed by atoms with Crippen LogP contribution in [0.3, 0.4) is 0 Å². The zero-order chi connectivity index (χ0) is 18.4. The summed E-state index contributed by atoms with van der Waals surface area (Å²) in [5.41, 5.74) is 0.374. The van der Waals surface area contributed by atoms with Crippen LogP contribution in [0.2, 0.25) is 5.02 Å². The van der Waals surface area contributed by atoms with E-state index in [-0.39, 0.29) is 4.90 Å². The van der Waals surface area contributed by atoms with Crippen LogP contribution in [0.4, 0.5) is 5.69 Å². The van der Waals surface area contributed by atoms with Gasteiger partial charge in [-0.25, -0.2) is 8.42 Å². The Balaban J connectivity index is 2.18. The number of hydrogen-bond acceptors (Lipinski definition) is 4. The summed E-state index contributed by atoms with van der Waals surface area (Å²) in [6.07, 6.45) is 0.837. The van der Waals surface area contributed by atoms with Crippen LogP contribution in [0, 0.1) is 0 Å². The molecule has 0 aliphatic rings. The van der Waals surface area contributed by atoms with Crippen molar-refractivity contribution in [1.82, 2.24) is 4.90 Å². The summed E-state index contributed by atoms with van der Waals surface area (Å²) in [6, 6.07) is 11.3. The van der Waals surface area contributed by atoms with Crippen LogP contribution in [-0.2, 0) is 10.0 Å². The van der Waals surface area contributed by atoms with Crippen LogP contribution in [-0.4, -0.2) is 40.6 Å². The van der Waals surface area contributed by atoms with E-state index in [9.17, 15) is 8.42 Å². The van der Waals surface area contributed by atoms with Crippen molar-refractivity contribution in [3.05, 3.63) is 52.0 Å². The molecule has 0 aliphatic carbocycles. The van der Waals surface area contributed by atoms with Crippen molar-refractivity contribution in [3.8, 4) is 5.75 Å². The lowest BCUT2D eigenvalue weighted by Gasteiger charge is -2.15. The van der Waals surface area contributed by atoms with E-state index in [2.05, 4.69) is 25.6 Å². The van der Waals surface area contributed by atoms with Crippen LogP contribution >= 0.6 is 27.5 Å². The van der Waals surface area contributed by atoms with Crippen LogP contribution < -0.4 is 9.46 Å². The lowest BCUT2D eigenvalue weighted by Crippen LogP contribution is -2.16. The van der Waals surface area contributed by atoms with E-state index in [0.717, 1.165) is 17.4 Å². The molecule has 0 spiro atoms. The number of nitrogens with zero attached hydrogens (tertiary/aromatic N) is 1. The van der Waals surface area contributed by atoms with E-state index in [1.807, 2.05) is 14.1 Å². The van der Waals surface area contributed by atoms with Gasteiger partial charge in [0.1, 0.15) is 5.75 Å². The van der Waals surface area contributed by atoms with E-state index >= 15 is 0 Å². The Hall–Kier alpha value is -1.28. The molecule has 0 aliphatic heterocycles. The lowest BCUT2D eigenvalue weighted by molar-refractivity contribution is 0.282. The number of benzene rings is 2. The van der Waals surface area contributed by atoms with Gasteiger partial charge in [-0.05, 0) is 56.9 Å². The molecule has 2 rings (SSSR count). The number of nitrogens with one attached hydrogen (secondary N) is 1. The average molecular weight is 448 g/mol. The topological polar surface area (TPSA) is 58.6 Å². The third kappa shape index (κ3) is 6.18. The normalized spacial score (nSPS) is 11.6. The van der Waals surface area contributed by atoms with Crippen molar-refractivity contribution in [2.45, 2.75) is 11.3 Å². The second-order valence-corrected chi connectivity index (χ2v) is 8.74. The predicted molar refractivity (Wildman–Crippen MR) is 105 cm³/mol. The number of hydrogen-bond donors (Lipinski definition) is 1. The number of anilines is 1. The molecule has 0 radical (unpaired) electrons. The van der Waals surface area contributed by atoms with Crippen LogP contribution in [0.5, 0.6) is 5.75 Å². The van der Waals surface area contributed by atoms with Crippen molar-refractivity contribution in [2.75, 3.05) is 32.0 Å². The summed E-state index contributed by atoms with van der Waals surface area (Å²) in [5.74, 6) is 0.479. The van der Waals surface area contributed by atoms with E-state index in [1.165, 1.54) is 12.1 Å². The first-order chi connectivity index (χ1) is 11.8. The van der Waals surface area contributed by atoms with Gasteiger partial charge in [0.2, 0.25) is 0 Å². The maximum atomic E-state index is 12.6. The minimum Gasteiger partial charge on any atom is -0.491 e. The number of sulfonamides is 1. The highest BCUT2D eigenvalue weighted by molar-refractivity contribution is 9.10. The Kier molecular flexibility index (Phi) is 7.13. The average Bonchev–Trinajstić information content (AvgIpc) is 2.52. The maximum Gasteiger partial charge on any atom is 0.262 e. The Labute approximate surface area is 162 Å². The maximum absolute atomic E-state index is 12.6. The van der Waals surface area contributed by atoms with E-state index in [1.54, 1.807) is 30.3 Å². The molecule has 8 heteroatoms. The monoisotopic (exact) mass is 446 g/mol. The van der Waals surface area contributed by atoms with Gasteiger partial charge in [0.25, 0.3) is 10.0 Å².